The van der Waals surface area contributed by atoms with Crippen molar-refractivity contribution < 1.29 is 20.1 Å². The van der Waals surface area contributed by atoms with Gasteiger partial charge < -0.3 is 15.3 Å². The minimum absolute atomic E-state index is 0.0242. The van der Waals surface area contributed by atoms with Crippen molar-refractivity contribution in [2.24, 2.45) is 5.92 Å². The van der Waals surface area contributed by atoms with Gasteiger partial charge in [-0.15, -0.1) is 0 Å². The fraction of sp³-hybridized carbons (Fsp3) is 0.625. The van der Waals surface area contributed by atoms with Crippen LogP contribution in [0.15, 0.2) is 48.6 Å². The minimum atomic E-state index is -0.868. The molecule has 0 spiro atoms. The number of allylic oxidation sites excluding steroid dienone is 7. The second-order valence-corrected chi connectivity index (χ2v) is 7.10. The van der Waals surface area contributed by atoms with Crippen molar-refractivity contribution in [2.45, 2.75) is 83.7 Å². The Morgan fingerprint density at radius 3 is 1.96 bits per heavy atom. The van der Waals surface area contributed by atoms with Crippen molar-refractivity contribution >= 4 is 5.97 Å². The normalized spacial score (nSPS) is 14.7. The third-order valence-corrected chi connectivity index (χ3v) is 4.61. The van der Waals surface area contributed by atoms with Crippen LogP contribution in [-0.4, -0.2) is 34.0 Å². The molecule has 0 aromatic carbocycles. The van der Waals surface area contributed by atoms with Gasteiger partial charge in [0.05, 0.1) is 6.10 Å². The van der Waals surface area contributed by atoms with Crippen LogP contribution in [0.25, 0.3) is 0 Å². The number of hydrogen-bond donors (Lipinski definition) is 3. The first-order valence-corrected chi connectivity index (χ1v) is 10.7. The van der Waals surface area contributed by atoms with Crippen LogP contribution in [0.4, 0.5) is 0 Å². The molecule has 160 valence electrons. The molecule has 0 bridgehead atoms. The Labute approximate surface area is 171 Å². The summed E-state index contributed by atoms with van der Waals surface area (Å²) in [5.74, 6) is -1.04. The Kier molecular flexibility index (Phi) is 18.9. The average Bonchev–Trinajstić information content (AvgIpc) is 2.67. The van der Waals surface area contributed by atoms with Crippen molar-refractivity contribution in [3.8, 4) is 0 Å². The van der Waals surface area contributed by atoms with Crippen molar-refractivity contribution in [3.05, 3.63) is 48.6 Å². The molecule has 0 saturated carbocycles. The van der Waals surface area contributed by atoms with Gasteiger partial charge in [-0.25, -0.2) is 0 Å². The predicted molar refractivity (Wildman–Crippen MR) is 117 cm³/mol. The number of aliphatic hydroxyl groups is 2. The molecular weight excluding hydrogens is 352 g/mol. The molecule has 3 N–H and O–H groups in total. The first-order chi connectivity index (χ1) is 13.6. The molecule has 0 aliphatic heterocycles. The van der Waals surface area contributed by atoms with E-state index in [0.717, 1.165) is 19.3 Å². The van der Waals surface area contributed by atoms with E-state index < -0.39 is 12.1 Å². The summed E-state index contributed by atoms with van der Waals surface area (Å²) in [5, 5.41) is 28.0. The van der Waals surface area contributed by atoms with Gasteiger partial charge in [0.15, 0.2) is 0 Å². The molecule has 4 heteroatoms. The molecule has 0 heterocycles. The molecule has 2 unspecified atom stereocenters. The zero-order valence-electron chi connectivity index (χ0n) is 17.5. The molecule has 0 aromatic heterocycles. The second-order valence-electron chi connectivity index (χ2n) is 7.10. The lowest BCUT2D eigenvalue weighted by Gasteiger charge is -2.20. The maximum atomic E-state index is 10.7. The number of unbranched alkanes of at least 4 members (excludes halogenated alkanes) is 3. The fourth-order valence-electron chi connectivity index (χ4n) is 2.87. The SMILES string of the molecule is CCCCC/C=C\C/C=C\C/C=C\C/C=C\CC(O)C(CCO)CCC(=O)O. The molecule has 0 radical (unpaired) electrons. The fourth-order valence-corrected chi connectivity index (χ4v) is 2.87. The number of hydrogen-bond acceptors (Lipinski definition) is 3. The Bertz CT molecular complexity index is 477. The summed E-state index contributed by atoms with van der Waals surface area (Å²) >= 11 is 0. The quantitative estimate of drug-likeness (QED) is 0.210. The molecule has 0 aliphatic carbocycles. The Morgan fingerprint density at radius 1 is 0.857 bits per heavy atom. The first-order valence-electron chi connectivity index (χ1n) is 10.7. The minimum Gasteiger partial charge on any atom is -0.481 e. The molecule has 0 aliphatic rings. The number of carboxylic acids is 1. The van der Waals surface area contributed by atoms with Crippen LogP contribution in [0, 0.1) is 5.92 Å². The summed E-state index contributed by atoms with van der Waals surface area (Å²) < 4.78 is 0. The van der Waals surface area contributed by atoms with E-state index in [0.29, 0.717) is 19.3 Å². The highest BCUT2D eigenvalue weighted by atomic mass is 16.4. The summed E-state index contributed by atoms with van der Waals surface area (Å²) in [6, 6.07) is 0. The highest BCUT2D eigenvalue weighted by Gasteiger charge is 2.18. The van der Waals surface area contributed by atoms with E-state index in [-0.39, 0.29) is 18.9 Å². The Balaban J connectivity index is 3.85. The van der Waals surface area contributed by atoms with Gasteiger partial charge in [-0.05, 0) is 57.3 Å². The lowest BCUT2D eigenvalue weighted by atomic mass is 9.91. The maximum Gasteiger partial charge on any atom is 0.303 e. The van der Waals surface area contributed by atoms with Gasteiger partial charge in [-0.3, -0.25) is 4.79 Å². The largest absolute Gasteiger partial charge is 0.481 e. The highest BCUT2D eigenvalue weighted by Crippen LogP contribution is 2.18. The molecule has 0 amide bonds. The molecular formula is C24H40O4. The summed E-state index contributed by atoms with van der Waals surface area (Å²) in [6.07, 6.45) is 25.5. The van der Waals surface area contributed by atoms with E-state index in [1.54, 1.807) is 0 Å². The van der Waals surface area contributed by atoms with Gasteiger partial charge in [0, 0.05) is 13.0 Å². The predicted octanol–water partition coefficient (Wildman–Crippen LogP) is 5.58. The van der Waals surface area contributed by atoms with Crippen molar-refractivity contribution in [2.75, 3.05) is 6.61 Å². The number of carbonyl (C=O) groups is 1. The van der Waals surface area contributed by atoms with Crippen LogP contribution < -0.4 is 0 Å². The van der Waals surface area contributed by atoms with E-state index in [2.05, 4.69) is 43.4 Å². The third kappa shape index (κ3) is 17.7. The Morgan fingerprint density at radius 2 is 1.43 bits per heavy atom. The van der Waals surface area contributed by atoms with Crippen LogP contribution in [-0.2, 0) is 4.79 Å². The lowest BCUT2D eigenvalue weighted by Crippen LogP contribution is -2.22. The zero-order valence-corrected chi connectivity index (χ0v) is 17.5. The van der Waals surface area contributed by atoms with Gasteiger partial charge in [0.1, 0.15) is 0 Å². The molecule has 4 nitrogen and oxygen atoms in total. The number of aliphatic carboxylic acids is 1. The summed E-state index contributed by atoms with van der Waals surface area (Å²) in [4.78, 5) is 10.7. The van der Waals surface area contributed by atoms with Gasteiger partial charge >= 0.3 is 5.97 Å². The van der Waals surface area contributed by atoms with Gasteiger partial charge in [0.25, 0.3) is 0 Å². The third-order valence-electron chi connectivity index (χ3n) is 4.61. The first kappa shape index (κ1) is 26.4. The Hall–Kier alpha value is -1.65. The standard InChI is InChI=1S/C24H40O4/c1-2-3-4-5-6-7-8-9-10-11-12-13-14-15-16-17-23(26)22(20-21-25)18-19-24(27)28/h6-7,9-10,12-13,15-16,22-23,25-26H,2-5,8,11,14,17-21H2,1H3,(H,27,28)/b7-6-,10-9-,13-12-,16-15-. The van der Waals surface area contributed by atoms with Crippen LogP contribution in [0.3, 0.4) is 0 Å². The lowest BCUT2D eigenvalue weighted by molar-refractivity contribution is -0.137. The van der Waals surface area contributed by atoms with Crippen LogP contribution in [0.5, 0.6) is 0 Å². The van der Waals surface area contributed by atoms with Crippen molar-refractivity contribution in [1.29, 1.82) is 0 Å². The average molecular weight is 393 g/mol. The highest BCUT2D eigenvalue weighted by molar-refractivity contribution is 5.66. The van der Waals surface area contributed by atoms with Gasteiger partial charge in [-0.2, -0.15) is 0 Å². The summed E-state index contributed by atoms with van der Waals surface area (Å²) in [7, 11) is 0. The van der Waals surface area contributed by atoms with E-state index in [1.165, 1.54) is 25.7 Å². The van der Waals surface area contributed by atoms with Crippen molar-refractivity contribution in [3.63, 3.8) is 0 Å². The van der Waals surface area contributed by atoms with Crippen LogP contribution in [0.2, 0.25) is 0 Å². The summed E-state index contributed by atoms with van der Waals surface area (Å²) in [5.41, 5.74) is 0. The monoisotopic (exact) mass is 392 g/mol. The smallest absolute Gasteiger partial charge is 0.303 e. The van der Waals surface area contributed by atoms with Gasteiger partial charge in [0.2, 0.25) is 0 Å². The topological polar surface area (TPSA) is 77.8 Å². The second kappa shape index (κ2) is 20.1. The zero-order chi connectivity index (χ0) is 20.9. The molecule has 0 saturated heterocycles. The molecule has 0 rings (SSSR count). The van der Waals surface area contributed by atoms with E-state index in [9.17, 15) is 9.90 Å². The van der Waals surface area contributed by atoms with Crippen LogP contribution >= 0.6 is 0 Å². The van der Waals surface area contributed by atoms with Crippen LogP contribution in [0.1, 0.15) is 77.6 Å². The molecule has 28 heavy (non-hydrogen) atoms. The van der Waals surface area contributed by atoms with E-state index in [4.69, 9.17) is 10.2 Å². The number of aliphatic hydroxyl groups excluding tert-OH is 2. The molecule has 0 aromatic rings. The number of carboxylic acid groups (broad SMARTS) is 1. The van der Waals surface area contributed by atoms with E-state index >= 15 is 0 Å². The number of rotatable bonds is 18. The van der Waals surface area contributed by atoms with Gasteiger partial charge in [-0.1, -0.05) is 68.4 Å². The molecule has 0 fully saturated rings. The molecule has 2 atom stereocenters. The maximum absolute atomic E-state index is 10.7. The van der Waals surface area contributed by atoms with Crippen molar-refractivity contribution in [1.82, 2.24) is 0 Å². The van der Waals surface area contributed by atoms with E-state index in [1.807, 2.05) is 12.2 Å². The summed E-state index contributed by atoms with van der Waals surface area (Å²) in [6.45, 7) is 2.19.